The number of halogens is 1. The van der Waals surface area contributed by atoms with Crippen molar-refractivity contribution in [3.05, 3.63) is 72.1 Å². The quantitative estimate of drug-likeness (QED) is 0.808. The van der Waals surface area contributed by atoms with Crippen molar-refractivity contribution >= 4 is 11.6 Å². The Balaban J connectivity index is 1.84. The Hall–Kier alpha value is -3.02. The first-order valence-corrected chi connectivity index (χ1v) is 6.69. The van der Waals surface area contributed by atoms with Gasteiger partial charge < -0.3 is 5.32 Å². The van der Waals surface area contributed by atoms with Crippen molar-refractivity contribution in [2.75, 3.05) is 5.32 Å². The molecule has 6 heteroatoms. The van der Waals surface area contributed by atoms with Crippen LogP contribution >= 0.6 is 0 Å². The highest BCUT2D eigenvalue weighted by atomic mass is 19.1. The van der Waals surface area contributed by atoms with Crippen molar-refractivity contribution in [2.45, 2.75) is 6.92 Å². The Morgan fingerprint density at radius 3 is 2.64 bits per heavy atom. The summed E-state index contributed by atoms with van der Waals surface area (Å²) in [6, 6.07) is 13.6. The van der Waals surface area contributed by atoms with Crippen LogP contribution in [-0.2, 0) is 0 Å². The Morgan fingerprint density at radius 2 is 1.86 bits per heavy atom. The van der Waals surface area contributed by atoms with Gasteiger partial charge in [0.15, 0.2) is 0 Å². The molecule has 1 N–H and O–H groups in total. The van der Waals surface area contributed by atoms with Gasteiger partial charge in [-0.2, -0.15) is 0 Å². The first-order chi connectivity index (χ1) is 10.6. The van der Waals surface area contributed by atoms with Crippen LogP contribution in [-0.4, -0.2) is 20.7 Å². The van der Waals surface area contributed by atoms with Crippen LogP contribution in [0, 0.1) is 12.7 Å². The molecule has 0 bridgehead atoms. The number of carbonyl (C=O) groups excluding carboxylic acids is 1. The molecule has 0 atom stereocenters. The normalized spacial score (nSPS) is 10.5. The second-order valence-corrected chi connectivity index (χ2v) is 4.73. The maximum Gasteiger partial charge on any atom is 0.295 e. The summed E-state index contributed by atoms with van der Waals surface area (Å²) in [6.45, 7) is 1.94. The molecule has 0 aliphatic carbocycles. The molecule has 1 heterocycles. The van der Waals surface area contributed by atoms with Crippen LogP contribution in [0.1, 0.15) is 16.2 Å². The predicted octanol–water partition coefficient (Wildman–Crippen LogP) is 2.97. The van der Waals surface area contributed by atoms with Gasteiger partial charge in [0.05, 0.1) is 11.4 Å². The number of nitrogens with zero attached hydrogens (tertiary/aromatic N) is 3. The molecule has 0 aliphatic heterocycles. The third-order valence-electron chi connectivity index (χ3n) is 3.18. The molecule has 22 heavy (non-hydrogen) atoms. The van der Waals surface area contributed by atoms with E-state index in [2.05, 4.69) is 15.4 Å². The number of aryl methyl sites for hydroxylation is 1. The standard InChI is InChI=1S/C16H13FN4O/c1-11-6-2-5-9-14(11)21-10-18-15(20-21)16(22)19-13-8-4-3-7-12(13)17/h2-10H,1H3,(H,19,22). The van der Waals surface area contributed by atoms with E-state index in [-0.39, 0.29) is 11.5 Å². The average molecular weight is 296 g/mol. The second kappa shape index (κ2) is 5.77. The van der Waals surface area contributed by atoms with E-state index in [9.17, 15) is 9.18 Å². The fourth-order valence-electron chi connectivity index (χ4n) is 2.04. The summed E-state index contributed by atoms with van der Waals surface area (Å²) in [6.07, 6.45) is 1.46. The van der Waals surface area contributed by atoms with Gasteiger partial charge in [-0.3, -0.25) is 4.79 Å². The van der Waals surface area contributed by atoms with E-state index in [1.807, 2.05) is 31.2 Å². The Kier molecular flexibility index (Phi) is 3.65. The number of hydrogen-bond acceptors (Lipinski definition) is 3. The molecule has 0 aliphatic rings. The summed E-state index contributed by atoms with van der Waals surface area (Å²) in [5.74, 6) is -1.09. The van der Waals surface area contributed by atoms with E-state index in [1.165, 1.54) is 23.1 Å². The highest BCUT2D eigenvalue weighted by Crippen LogP contribution is 2.14. The number of aromatic nitrogens is 3. The minimum Gasteiger partial charge on any atom is -0.317 e. The number of hydrogen-bond donors (Lipinski definition) is 1. The van der Waals surface area contributed by atoms with Gasteiger partial charge in [0.1, 0.15) is 12.1 Å². The molecular formula is C16H13FN4O. The number of nitrogens with one attached hydrogen (secondary N) is 1. The molecule has 3 rings (SSSR count). The number of para-hydroxylation sites is 2. The number of carbonyl (C=O) groups is 1. The fraction of sp³-hybridized carbons (Fsp3) is 0.0625. The second-order valence-electron chi connectivity index (χ2n) is 4.73. The lowest BCUT2D eigenvalue weighted by Gasteiger charge is -2.04. The molecule has 1 aromatic heterocycles. The monoisotopic (exact) mass is 296 g/mol. The summed E-state index contributed by atoms with van der Waals surface area (Å²) >= 11 is 0. The number of amides is 1. The zero-order valence-electron chi connectivity index (χ0n) is 11.8. The van der Waals surface area contributed by atoms with Gasteiger partial charge in [0.2, 0.25) is 5.82 Å². The maximum atomic E-state index is 13.5. The zero-order valence-corrected chi connectivity index (χ0v) is 11.8. The first kappa shape index (κ1) is 13.9. The molecule has 0 spiro atoms. The molecule has 5 nitrogen and oxygen atoms in total. The van der Waals surface area contributed by atoms with Gasteiger partial charge in [-0.15, -0.1) is 5.10 Å². The van der Waals surface area contributed by atoms with Crippen LogP contribution in [0.15, 0.2) is 54.9 Å². The van der Waals surface area contributed by atoms with E-state index in [4.69, 9.17) is 0 Å². The molecule has 0 fully saturated rings. The van der Waals surface area contributed by atoms with Crippen molar-refractivity contribution in [3.8, 4) is 5.69 Å². The number of rotatable bonds is 3. The van der Waals surface area contributed by atoms with Crippen molar-refractivity contribution in [2.24, 2.45) is 0 Å². The van der Waals surface area contributed by atoms with E-state index in [0.717, 1.165) is 11.3 Å². The van der Waals surface area contributed by atoms with Gasteiger partial charge in [-0.25, -0.2) is 14.1 Å². The molecular weight excluding hydrogens is 283 g/mol. The lowest BCUT2D eigenvalue weighted by molar-refractivity contribution is 0.101. The largest absolute Gasteiger partial charge is 0.317 e. The van der Waals surface area contributed by atoms with Crippen LogP contribution < -0.4 is 5.32 Å². The first-order valence-electron chi connectivity index (χ1n) is 6.69. The van der Waals surface area contributed by atoms with Crippen LogP contribution in [0.4, 0.5) is 10.1 Å². The topological polar surface area (TPSA) is 59.8 Å². The van der Waals surface area contributed by atoms with E-state index < -0.39 is 11.7 Å². The summed E-state index contributed by atoms with van der Waals surface area (Å²) < 4.78 is 15.0. The van der Waals surface area contributed by atoms with Crippen molar-refractivity contribution < 1.29 is 9.18 Å². The Morgan fingerprint density at radius 1 is 1.14 bits per heavy atom. The lowest BCUT2D eigenvalue weighted by atomic mass is 10.2. The molecule has 0 saturated carbocycles. The van der Waals surface area contributed by atoms with Crippen LogP contribution in [0.3, 0.4) is 0 Å². The highest BCUT2D eigenvalue weighted by Gasteiger charge is 2.14. The highest BCUT2D eigenvalue weighted by molar-refractivity contribution is 6.01. The average Bonchev–Trinajstić information content (AvgIpc) is 3.00. The van der Waals surface area contributed by atoms with Crippen molar-refractivity contribution in [1.82, 2.24) is 14.8 Å². The van der Waals surface area contributed by atoms with Gasteiger partial charge in [0, 0.05) is 0 Å². The fourth-order valence-corrected chi connectivity index (χ4v) is 2.04. The molecule has 0 saturated heterocycles. The summed E-state index contributed by atoms with van der Waals surface area (Å²) in [4.78, 5) is 16.1. The third kappa shape index (κ3) is 2.71. The van der Waals surface area contributed by atoms with E-state index in [1.54, 1.807) is 12.1 Å². The summed E-state index contributed by atoms with van der Waals surface area (Å²) in [5, 5.41) is 6.59. The van der Waals surface area contributed by atoms with Crippen LogP contribution in [0.2, 0.25) is 0 Å². The molecule has 0 radical (unpaired) electrons. The van der Waals surface area contributed by atoms with Gasteiger partial charge in [0.25, 0.3) is 5.91 Å². The minimum absolute atomic E-state index is 0.0218. The molecule has 0 unspecified atom stereocenters. The van der Waals surface area contributed by atoms with Crippen molar-refractivity contribution in [1.29, 1.82) is 0 Å². The van der Waals surface area contributed by atoms with E-state index >= 15 is 0 Å². The molecule has 110 valence electrons. The molecule has 1 amide bonds. The van der Waals surface area contributed by atoms with Gasteiger partial charge in [-0.1, -0.05) is 30.3 Å². The number of benzene rings is 2. The maximum absolute atomic E-state index is 13.5. The van der Waals surface area contributed by atoms with Gasteiger partial charge in [-0.05, 0) is 30.7 Å². The smallest absolute Gasteiger partial charge is 0.295 e. The third-order valence-corrected chi connectivity index (χ3v) is 3.18. The molecule has 3 aromatic rings. The lowest BCUT2D eigenvalue weighted by Crippen LogP contribution is -2.15. The minimum atomic E-state index is -0.558. The van der Waals surface area contributed by atoms with Crippen LogP contribution in [0.5, 0.6) is 0 Å². The number of anilines is 1. The predicted molar refractivity (Wildman–Crippen MR) is 80.4 cm³/mol. The Labute approximate surface area is 126 Å². The zero-order chi connectivity index (χ0) is 15.5. The van der Waals surface area contributed by atoms with E-state index in [0.29, 0.717) is 0 Å². The van der Waals surface area contributed by atoms with Gasteiger partial charge >= 0.3 is 0 Å². The summed E-state index contributed by atoms with van der Waals surface area (Å²) in [7, 11) is 0. The van der Waals surface area contributed by atoms with Crippen molar-refractivity contribution in [3.63, 3.8) is 0 Å². The Bertz CT molecular complexity index is 828. The SMILES string of the molecule is Cc1ccccc1-n1cnc(C(=O)Nc2ccccc2F)n1. The molecule has 2 aromatic carbocycles. The van der Waals surface area contributed by atoms with Crippen LogP contribution in [0.25, 0.3) is 5.69 Å². The summed E-state index contributed by atoms with van der Waals surface area (Å²) in [5.41, 5.74) is 1.94.